The molecule has 0 aromatic heterocycles. The van der Waals surface area contributed by atoms with Crippen molar-refractivity contribution >= 4 is 30.1 Å². The molecule has 0 aromatic rings. The Morgan fingerprint density at radius 1 is 1.39 bits per heavy atom. The zero-order chi connectivity index (χ0) is 12.1. The van der Waals surface area contributed by atoms with E-state index in [0.717, 1.165) is 26.2 Å². The van der Waals surface area contributed by atoms with Gasteiger partial charge in [-0.05, 0) is 12.5 Å². The number of nitrogens with zero attached hydrogens (tertiary/aromatic N) is 1. The molecule has 0 radical (unpaired) electrons. The Labute approximate surface area is 120 Å². The van der Waals surface area contributed by atoms with E-state index in [1.54, 1.807) is 0 Å². The second kappa shape index (κ2) is 8.25. The number of halogens is 1. The molecule has 18 heavy (non-hydrogen) atoms. The largest absolute Gasteiger partial charge is 0.355 e. The van der Waals surface area contributed by atoms with E-state index in [1.165, 1.54) is 24.6 Å². The van der Waals surface area contributed by atoms with E-state index in [1.807, 2.05) is 11.8 Å². The molecule has 1 amide bonds. The van der Waals surface area contributed by atoms with E-state index in [-0.39, 0.29) is 24.2 Å². The molecule has 2 atom stereocenters. The monoisotopic (exact) mass is 293 g/mol. The molecule has 2 fully saturated rings. The number of hydrogen-bond acceptors (Lipinski definition) is 4. The van der Waals surface area contributed by atoms with Crippen LogP contribution in [0, 0.1) is 11.8 Å². The third-order valence-corrected chi connectivity index (χ3v) is 4.63. The minimum absolute atomic E-state index is 0. The smallest absolute Gasteiger partial charge is 0.224 e. The summed E-state index contributed by atoms with van der Waals surface area (Å²) in [7, 11) is 0. The number of nitrogens with one attached hydrogen (secondary N) is 2. The molecule has 2 aliphatic heterocycles. The fourth-order valence-corrected chi connectivity index (χ4v) is 3.43. The van der Waals surface area contributed by atoms with Crippen molar-refractivity contribution in [1.82, 2.24) is 15.5 Å². The summed E-state index contributed by atoms with van der Waals surface area (Å²) in [5, 5.41) is 6.34. The minimum Gasteiger partial charge on any atom is -0.355 e. The molecule has 106 valence electrons. The van der Waals surface area contributed by atoms with E-state index in [4.69, 9.17) is 0 Å². The van der Waals surface area contributed by atoms with Gasteiger partial charge in [-0.15, -0.1) is 12.4 Å². The molecular formula is C12H24ClN3OS. The van der Waals surface area contributed by atoms with Gasteiger partial charge in [-0.3, -0.25) is 9.69 Å². The first-order valence-electron chi connectivity index (χ1n) is 6.56. The van der Waals surface area contributed by atoms with Crippen molar-refractivity contribution in [2.24, 2.45) is 11.8 Å². The predicted octanol–water partition coefficient (Wildman–Crippen LogP) is 0.429. The Bertz CT molecular complexity index is 262. The van der Waals surface area contributed by atoms with Crippen molar-refractivity contribution in [3.8, 4) is 0 Å². The maximum Gasteiger partial charge on any atom is 0.224 e. The number of thioether (sulfide) groups is 1. The molecule has 0 spiro atoms. The van der Waals surface area contributed by atoms with Crippen LogP contribution in [0.5, 0.6) is 0 Å². The van der Waals surface area contributed by atoms with Gasteiger partial charge in [0, 0.05) is 44.2 Å². The normalized spacial score (nSPS) is 28.7. The molecule has 0 aliphatic carbocycles. The summed E-state index contributed by atoms with van der Waals surface area (Å²) in [4.78, 5) is 14.4. The van der Waals surface area contributed by atoms with Crippen LogP contribution in [-0.2, 0) is 4.79 Å². The lowest BCUT2D eigenvalue weighted by molar-refractivity contribution is -0.125. The quantitative estimate of drug-likeness (QED) is 0.789. The van der Waals surface area contributed by atoms with Gasteiger partial charge >= 0.3 is 0 Å². The second-order valence-corrected chi connectivity index (χ2v) is 6.21. The average Bonchev–Trinajstić information content (AvgIpc) is 2.77. The van der Waals surface area contributed by atoms with Crippen LogP contribution in [0.25, 0.3) is 0 Å². The van der Waals surface area contributed by atoms with Crippen molar-refractivity contribution in [2.75, 3.05) is 50.8 Å². The third-order valence-electron chi connectivity index (χ3n) is 3.69. The predicted molar refractivity (Wildman–Crippen MR) is 79.5 cm³/mol. The number of amides is 1. The first kappa shape index (κ1) is 16.1. The minimum atomic E-state index is 0. The highest BCUT2D eigenvalue weighted by molar-refractivity contribution is 7.99. The SMILES string of the molecule is C[C@@H]1CNC[C@H]1C(=O)NCCN1CCSCC1.Cl. The lowest BCUT2D eigenvalue weighted by atomic mass is 9.97. The first-order chi connectivity index (χ1) is 8.27. The van der Waals surface area contributed by atoms with Gasteiger partial charge in [-0.25, -0.2) is 0 Å². The maximum atomic E-state index is 11.9. The van der Waals surface area contributed by atoms with Gasteiger partial charge in [0.05, 0.1) is 5.92 Å². The lowest BCUT2D eigenvalue weighted by Crippen LogP contribution is -2.41. The molecule has 2 heterocycles. The fraction of sp³-hybridized carbons (Fsp3) is 0.917. The van der Waals surface area contributed by atoms with Gasteiger partial charge < -0.3 is 10.6 Å². The molecule has 0 bridgehead atoms. The zero-order valence-electron chi connectivity index (χ0n) is 11.0. The summed E-state index contributed by atoms with van der Waals surface area (Å²) in [6, 6.07) is 0. The number of hydrogen-bond donors (Lipinski definition) is 2. The Morgan fingerprint density at radius 3 is 2.72 bits per heavy atom. The van der Waals surface area contributed by atoms with Gasteiger partial charge in [0.1, 0.15) is 0 Å². The summed E-state index contributed by atoms with van der Waals surface area (Å²) in [6.45, 7) is 8.10. The van der Waals surface area contributed by atoms with Crippen molar-refractivity contribution < 1.29 is 4.79 Å². The molecule has 0 unspecified atom stereocenters. The van der Waals surface area contributed by atoms with Crippen molar-refractivity contribution in [3.63, 3.8) is 0 Å². The topological polar surface area (TPSA) is 44.4 Å². The Hall–Kier alpha value is 0.0300. The number of rotatable bonds is 4. The first-order valence-corrected chi connectivity index (χ1v) is 7.71. The summed E-state index contributed by atoms with van der Waals surface area (Å²) in [5.74, 6) is 3.34. The van der Waals surface area contributed by atoms with Crippen LogP contribution in [0.4, 0.5) is 0 Å². The molecule has 0 saturated carbocycles. The third kappa shape index (κ3) is 4.61. The molecule has 6 heteroatoms. The highest BCUT2D eigenvalue weighted by Crippen LogP contribution is 2.15. The molecular weight excluding hydrogens is 270 g/mol. The molecule has 2 saturated heterocycles. The summed E-state index contributed by atoms with van der Waals surface area (Å²) in [5.41, 5.74) is 0. The Kier molecular flexibility index (Phi) is 7.37. The van der Waals surface area contributed by atoms with Gasteiger partial charge in [-0.2, -0.15) is 11.8 Å². The number of carbonyl (C=O) groups is 1. The standard InChI is InChI=1S/C12H23N3OS.ClH/c1-10-8-13-9-11(10)12(16)14-2-3-15-4-6-17-7-5-15;/h10-11,13H,2-9H2,1H3,(H,14,16);1H/t10-,11-;/m1./s1. The lowest BCUT2D eigenvalue weighted by Gasteiger charge is -2.26. The van der Waals surface area contributed by atoms with Crippen LogP contribution in [-0.4, -0.2) is 61.6 Å². The van der Waals surface area contributed by atoms with Crippen LogP contribution in [0.1, 0.15) is 6.92 Å². The van der Waals surface area contributed by atoms with Crippen molar-refractivity contribution in [3.05, 3.63) is 0 Å². The number of carbonyl (C=O) groups excluding carboxylic acids is 1. The second-order valence-electron chi connectivity index (χ2n) is 4.99. The van der Waals surface area contributed by atoms with E-state index in [0.29, 0.717) is 5.92 Å². The molecule has 4 nitrogen and oxygen atoms in total. The van der Waals surface area contributed by atoms with Crippen LogP contribution in [0.15, 0.2) is 0 Å². The van der Waals surface area contributed by atoms with Crippen molar-refractivity contribution in [2.45, 2.75) is 6.92 Å². The van der Waals surface area contributed by atoms with Gasteiger partial charge in [-0.1, -0.05) is 6.92 Å². The molecule has 0 aromatic carbocycles. The summed E-state index contributed by atoms with van der Waals surface area (Å²) < 4.78 is 0. The molecule has 2 N–H and O–H groups in total. The van der Waals surface area contributed by atoms with Crippen molar-refractivity contribution in [1.29, 1.82) is 0 Å². The highest BCUT2D eigenvalue weighted by atomic mass is 35.5. The van der Waals surface area contributed by atoms with Crippen LogP contribution in [0.3, 0.4) is 0 Å². The average molecular weight is 294 g/mol. The van der Waals surface area contributed by atoms with E-state index in [9.17, 15) is 4.79 Å². The van der Waals surface area contributed by atoms with E-state index in [2.05, 4.69) is 22.5 Å². The Balaban J connectivity index is 0.00000162. The van der Waals surface area contributed by atoms with Gasteiger partial charge in [0.25, 0.3) is 0 Å². The highest BCUT2D eigenvalue weighted by Gasteiger charge is 2.29. The van der Waals surface area contributed by atoms with E-state index < -0.39 is 0 Å². The molecule has 2 aliphatic rings. The maximum absolute atomic E-state index is 11.9. The summed E-state index contributed by atoms with van der Waals surface area (Å²) in [6.07, 6.45) is 0. The summed E-state index contributed by atoms with van der Waals surface area (Å²) >= 11 is 2.02. The Morgan fingerprint density at radius 2 is 2.11 bits per heavy atom. The van der Waals surface area contributed by atoms with Crippen LogP contribution < -0.4 is 10.6 Å². The fourth-order valence-electron chi connectivity index (χ4n) is 2.45. The van der Waals surface area contributed by atoms with E-state index >= 15 is 0 Å². The molecule has 2 rings (SSSR count). The zero-order valence-corrected chi connectivity index (χ0v) is 12.6. The van der Waals surface area contributed by atoms with Gasteiger partial charge in [0.15, 0.2) is 0 Å². The van der Waals surface area contributed by atoms with Gasteiger partial charge in [0.2, 0.25) is 5.91 Å². The van der Waals surface area contributed by atoms with Crippen LogP contribution >= 0.6 is 24.2 Å². The van der Waals surface area contributed by atoms with Crippen LogP contribution in [0.2, 0.25) is 0 Å².